The second kappa shape index (κ2) is 9.68. The number of aromatic hydroxyl groups is 1. The number of ketones is 4. The maximum atomic E-state index is 13.8. The van der Waals surface area contributed by atoms with Gasteiger partial charge in [0.1, 0.15) is 5.75 Å². The number of amides is 2. The van der Waals surface area contributed by atoms with Crippen molar-refractivity contribution in [2.75, 3.05) is 41.3 Å². The van der Waals surface area contributed by atoms with E-state index in [2.05, 4.69) is 5.32 Å². The van der Waals surface area contributed by atoms with Crippen molar-refractivity contribution in [1.82, 2.24) is 15.1 Å². The molecule has 0 radical (unpaired) electrons. The first-order chi connectivity index (χ1) is 17.7. The molecule has 0 saturated heterocycles. The predicted molar refractivity (Wildman–Crippen MR) is 132 cm³/mol. The molecular formula is C26H32N4O8. The van der Waals surface area contributed by atoms with Crippen molar-refractivity contribution in [3.05, 3.63) is 28.8 Å². The number of fused-ring (bicyclic) bond motifs is 3. The lowest BCUT2D eigenvalue weighted by Crippen LogP contribution is -2.74. The topological polar surface area (TPSA) is 187 Å². The fraction of sp³-hybridized carbons (Fsp3) is 0.538. The summed E-state index contributed by atoms with van der Waals surface area (Å²) in [5, 5.41) is 24.9. The molecule has 38 heavy (non-hydrogen) atoms. The molecule has 6 atom stereocenters. The molecule has 0 spiro atoms. The number of Topliss-reactive ketones (excluding diaryl/α,β-unsaturated/α-hetero) is 4. The highest BCUT2D eigenvalue weighted by atomic mass is 16.3. The van der Waals surface area contributed by atoms with E-state index in [-0.39, 0.29) is 29.5 Å². The van der Waals surface area contributed by atoms with Crippen LogP contribution < -0.4 is 11.1 Å². The maximum absolute atomic E-state index is 13.8. The molecular weight excluding hydrogens is 496 g/mol. The minimum atomic E-state index is -2.78. The fourth-order valence-electron chi connectivity index (χ4n) is 6.31. The van der Waals surface area contributed by atoms with Crippen molar-refractivity contribution in [2.24, 2.45) is 29.4 Å². The number of hydrogen-bond acceptors (Lipinski definition) is 10. The van der Waals surface area contributed by atoms with Crippen LogP contribution >= 0.6 is 0 Å². The minimum absolute atomic E-state index is 0.0245. The van der Waals surface area contributed by atoms with Gasteiger partial charge in [0.25, 0.3) is 5.91 Å². The summed E-state index contributed by atoms with van der Waals surface area (Å²) in [4.78, 5) is 82.2. The largest absolute Gasteiger partial charge is 0.507 e. The van der Waals surface area contributed by atoms with Crippen molar-refractivity contribution < 1.29 is 39.0 Å². The fourth-order valence-corrected chi connectivity index (χ4v) is 6.31. The zero-order valence-corrected chi connectivity index (χ0v) is 21.7. The van der Waals surface area contributed by atoms with Gasteiger partial charge < -0.3 is 26.2 Å². The Morgan fingerprint density at radius 3 is 2.34 bits per heavy atom. The van der Waals surface area contributed by atoms with Crippen LogP contribution in [0.25, 0.3) is 0 Å². The molecule has 2 saturated carbocycles. The molecule has 0 bridgehead atoms. The Labute approximate surface area is 219 Å². The lowest BCUT2D eigenvalue weighted by Gasteiger charge is -2.52. The van der Waals surface area contributed by atoms with Gasteiger partial charge in [0.2, 0.25) is 5.91 Å². The molecule has 204 valence electrons. The van der Waals surface area contributed by atoms with Crippen LogP contribution in [-0.2, 0) is 25.6 Å². The van der Waals surface area contributed by atoms with Crippen molar-refractivity contribution in [3.63, 3.8) is 0 Å². The molecule has 0 aromatic heterocycles. The smallest absolute Gasteiger partial charge is 0.251 e. The van der Waals surface area contributed by atoms with Crippen LogP contribution in [0.2, 0.25) is 0 Å². The molecule has 1 aromatic carbocycles. The maximum Gasteiger partial charge on any atom is 0.251 e. The lowest BCUT2D eigenvalue weighted by atomic mass is 9.52. The number of carbonyl (C=O) groups is 6. The molecule has 0 aliphatic heterocycles. The zero-order valence-electron chi connectivity index (χ0n) is 21.7. The van der Waals surface area contributed by atoms with Crippen LogP contribution in [0.1, 0.15) is 32.7 Å². The van der Waals surface area contributed by atoms with Gasteiger partial charge in [-0.3, -0.25) is 33.7 Å². The number of hydrogen-bond donors (Lipinski definition) is 4. The second-order valence-corrected chi connectivity index (χ2v) is 10.8. The quantitative estimate of drug-likeness (QED) is 0.306. The summed E-state index contributed by atoms with van der Waals surface area (Å²) < 4.78 is 0. The van der Waals surface area contributed by atoms with Crippen molar-refractivity contribution in [1.29, 1.82) is 0 Å². The second-order valence-electron chi connectivity index (χ2n) is 10.8. The Morgan fingerprint density at radius 2 is 1.76 bits per heavy atom. The van der Waals surface area contributed by atoms with Crippen LogP contribution in [0.4, 0.5) is 0 Å². The Hall–Kier alpha value is -3.48. The van der Waals surface area contributed by atoms with Crippen molar-refractivity contribution in [2.45, 2.75) is 24.5 Å². The predicted octanol–water partition coefficient (Wildman–Crippen LogP) is -1.84. The van der Waals surface area contributed by atoms with E-state index in [1.807, 2.05) is 19.0 Å². The Morgan fingerprint density at radius 1 is 1.11 bits per heavy atom. The number of nitrogens with zero attached hydrogens (tertiary/aromatic N) is 2. The molecule has 0 heterocycles. The van der Waals surface area contributed by atoms with Gasteiger partial charge in [0.15, 0.2) is 34.7 Å². The normalized spacial score (nSPS) is 30.7. The standard InChI is InChI=1S/C26H32N4O8/c1-29(2)8-7-28-25(37)12-5-6-15(31)17-13(12)9-11-10-14-19(30(3)4)21(33)18(24(27)36)23(35)26(14,38)22(34)16(11)20(17)32/h5-6,11,14,16,18-19,31,38H,7-10H2,1-4H3,(H2,27,36)(H,28,37)/t11?,14-,16?,18?,19-,26-/m0/s1. The summed E-state index contributed by atoms with van der Waals surface area (Å²) >= 11 is 0. The third kappa shape index (κ3) is 4.03. The number of nitrogens with one attached hydrogen (secondary N) is 1. The van der Waals surface area contributed by atoms with Gasteiger partial charge in [-0.1, -0.05) is 0 Å². The number of phenols is 1. The monoisotopic (exact) mass is 528 g/mol. The van der Waals surface area contributed by atoms with Gasteiger partial charge in [-0.05, 0) is 64.6 Å². The van der Waals surface area contributed by atoms with Gasteiger partial charge in [-0.2, -0.15) is 0 Å². The summed E-state index contributed by atoms with van der Waals surface area (Å²) in [7, 11) is 6.73. The van der Waals surface area contributed by atoms with Gasteiger partial charge in [-0.25, -0.2) is 0 Å². The SMILES string of the molecule is CN(C)CCNC(=O)c1ccc(O)c2c1CC1C[C@H]3[C@H](N(C)C)C(=O)C(C(N)=O)C(=O)[C@@]3(O)C(=O)C1C2=O. The number of nitrogens with two attached hydrogens (primary N) is 1. The summed E-state index contributed by atoms with van der Waals surface area (Å²) in [6, 6.07) is 1.41. The average molecular weight is 529 g/mol. The molecule has 12 heteroatoms. The van der Waals surface area contributed by atoms with E-state index in [0.29, 0.717) is 13.1 Å². The minimum Gasteiger partial charge on any atom is -0.507 e. The van der Waals surface area contributed by atoms with E-state index in [4.69, 9.17) is 5.73 Å². The number of primary amides is 1. The third-order valence-corrected chi connectivity index (χ3v) is 8.03. The summed E-state index contributed by atoms with van der Waals surface area (Å²) in [6.45, 7) is 0.912. The molecule has 3 unspecified atom stereocenters. The summed E-state index contributed by atoms with van der Waals surface area (Å²) in [5.41, 5.74) is 2.75. The number of benzene rings is 1. The number of carbonyl (C=O) groups excluding carboxylic acids is 6. The van der Waals surface area contributed by atoms with E-state index in [1.54, 1.807) is 0 Å². The van der Waals surface area contributed by atoms with E-state index in [9.17, 15) is 39.0 Å². The van der Waals surface area contributed by atoms with Crippen LogP contribution in [0.15, 0.2) is 12.1 Å². The zero-order chi connectivity index (χ0) is 28.3. The molecule has 1 aromatic rings. The molecule has 2 amide bonds. The molecule has 2 fully saturated rings. The average Bonchev–Trinajstić information content (AvgIpc) is 2.80. The van der Waals surface area contributed by atoms with Gasteiger partial charge >= 0.3 is 0 Å². The van der Waals surface area contributed by atoms with E-state index >= 15 is 0 Å². The Balaban J connectivity index is 1.79. The first-order valence-electron chi connectivity index (χ1n) is 12.4. The van der Waals surface area contributed by atoms with Crippen molar-refractivity contribution in [3.8, 4) is 5.75 Å². The highest BCUT2D eigenvalue weighted by Gasteiger charge is 2.69. The van der Waals surface area contributed by atoms with Gasteiger partial charge in [0, 0.05) is 24.6 Å². The highest BCUT2D eigenvalue weighted by molar-refractivity contribution is 6.32. The third-order valence-electron chi connectivity index (χ3n) is 8.03. The molecule has 5 N–H and O–H groups in total. The van der Waals surface area contributed by atoms with Gasteiger partial charge in [0.05, 0.1) is 17.5 Å². The first kappa shape index (κ1) is 27.6. The van der Waals surface area contributed by atoms with Crippen LogP contribution in [0.5, 0.6) is 5.75 Å². The first-order valence-corrected chi connectivity index (χ1v) is 12.4. The molecule has 3 aliphatic carbocycles. The number of rotatable bonds is 6. The molecule has 4 rings (SSSR count). The van der Waals surface area contributed by atoms with Crippen LogP contribution in [0.3, 0.4) is 0 Å². The number of aliphatic hydroxyl groups is 1. The van der Waals surface area contributed by atoms with Crippen molar-refractivity contribution >= 4 is 34.9 Å². The summed E-state index contributed by atoms with van der Waals surface area (Å²) in [5.74, 6) is -11.8. The van der Waals surface area contributed by atoms with E-state index < -0.39 is 76.0 Å². The van der Waals surface area contributed by atoms with Crippen LogP contribution in [0, 0.1) is 23.7 Å². The van der Waals surface area contributed by atoms with E-state index in [1.165, 1.54) is 31.1 Å². The van der Waals surface area contributed by atoms with Crippen LogP contribution in [-0.4, -0.2) is 108 Å². The Bertz CT molecular complexity index is 1260. The molecule has 12 nitrogen and oxygen atoms in total. The number of likely N-dealkylation sites (N-methyl/N-ethyl adjacent to an activating group) is 2. The molecule has 3 aliphatic rings. The van der Waals surface area contributed by atoms with E-state index in [0.717, 1.165) is 0 Å². The Kier molecular flexibility index (Phi) is 7.02. The lowest BCUT2D eigenvalue weighted by molar-refractivity contribution is -0.181. The summed E-state index contributed by atoms with van der Waals surface area (Å²) in [6.07, 6.45) is -0.0576. The highest BCUT2D eigenvalue weighted by Crippen LogP contribution is 2.50. The van der Waals surface area contributed by atoms with Gasteiger partial charge in [-0.15, -0.1) is 0 Å². The number of phenolic OH excluding ortho intramolecular Hbond substituents is 1.